The van der Waals surface area contributed by atoms with Crippen LogP contribution in [0.5, 0.6) is 0 Å². The lowest BCUT2D eigenvalue weighted by Crippen LogP contribution is -2.60. The molecule has 0 radical (unpaired) electrons. The number of alkyl carbamates (subject to hydrolysis) is 1. The maximum atomic E-state index is 15.5. The molecule has 724 valence electrons. The SMILES string of the molecule is CCCOCC[C@H](NC(=O)[C@H](Cc1ccc(CNC(=O)COCCOCCNC(=O)OC(C)(C)C)cc1)NC(=O)[C@H](Cc1ccccc1)N(C)C(=O)CN)C(=O)N[C@@H](Cc1cn(C(=O)OC(C)(C)C)c2ccccc12)C(=O)NCC(=O)N[C@@H](CCCCNC(=O)N1CCN(CC(=O)CC(C)(C)C)CC1)C(=O)N[C@@H](CC(=O)CC(C)(C)C)C(=O)N1CCC[C@@H]1C(=O)NCC(=O)OC. The Morgan fingerprint density at radius 2 is 1.11 bits per heavy atom. The molecule has 0 aliphatic carbocycles. The van der Waals surface area contributed by atoms with Gasteiger partial charge in [0.25, 0.3) is 0 Å². The number of likely N-dealkylation sites (tertiary alicyclic amines) is 1. The number of piperazine rings is 1. The van der Waals surface area contributed by atoms with E-state index in [9.17, 15) is 57.5 Å². The summed E-state index contributed by atoms with van der Waals surface area (Å²) in [7, 11) is 2.55. The van der Waals surface area contributed by atoms with Crippen molar-refractivity contribution in [3.05, 3.63) is 107 Å². The van der Waals surface area contributed by atoms with Gasteiger partial charge in [-0.25, -0.2) is 14.4 Å². The fourth-order valence-electron chi connectivity index (χ4n) is 14.6. The lowest BCUT2D eigenvalue weighted by atomic mass is 9.88. The Morgan fingerprint density at radius 1 is 0.527 bits per heavy atom. The summed E-state index contributed by atoms with van der Waals surface area (Å²) >= 11 is 0. The van der Waals surface area contributed by atoms with Crippen molar-refractivity contribution in [2.45, 2.75) is 234 Å². The highest BCUT2D eigenvalue weighted by Crippen LogP contribution is 2.27. The highest BCUT2D eigenvalue weighted by molar-refractivity contribution is 6.00. The van der Waals surface area contributed by atoms with Crippen LogP contribution in [0.4, 0.5) is 14.4 Å². The smallest absolute Gasteiger partial charge is 0.419 e. The van der Waals surface area contributed by atoms with Crippen LogP contribution in [-0.2, 0) is 117 Å². The standard InChI is InChI=1S/C93H140N16O22/c1-16-43-127-44-35-69(101-83(119)70(103-85(121)75(105(14)78(114)54-94)49-61-25-18-17-19-26-61)48-62-31-33-63(34-32-62)55-97-77(113)60-129-47-46-128-45-37-96-88(124)130-92(8,9)10)82(118)102-71(50-64-58-109(89(125)131-93(11,12)13)73-29-21-20-27-67(64)73)80(116)98-56-76(112)100-68(28-22-23-36-95-87(123)107-41-39-106(40-42-107)59-66(111)53-91(5,6)7)81(117)104-72(51-65(110)52-90(2,3)4)86(122)108-38-24-30-74(108)84(120)99-57-79(115)126-15/h17-21,25-27,29,31-34,58,68-72,74-75H,16,22-24,28,30,35-57,59-60,94H2,1-15H3,(H,95,123)(H,96,124)(H,97,113)(H,98,116)(H,99,120)(H,100,112)(H,101,119)(H,102,118)(H,103,121)(H,104,117)/t68-,69-,70-,71-,72-,74+,75-/m0/s1. The van der Waals surface area contributed by atoms with Crippen LogP contribution in [0.15, 0.2) is 85.1 Å². The molecule has 2 saturated heterocycles. The molecule has 1 aromatic heterocycles. The topological polar surface area (TPSA) is 493 Å². The summed E-state index contributed by atoms with van der Waals surface area (Å²) in [6, 6.07) is 11.7. The third-order valence-corrected chi connectivity index (χ3v) is 21.0. The van der Waals surface area contributed by atoms with E-state index in [-0.39, 0.29) is 141 Å². The molecule has 3 aromatic carbocycles. The van der Waals surface area contributed by atoms with E-state index in [0.717, 1.165) is 7.11 Å². The number of nitrogens with one attached hydrogen (secondary N) is 10. The van der Waals surface area contributed by atoms with Crippen LogP contribution in [0, 0.1) is 10.8 Å². The molecule has 0 saturated carbocycles. The number of rotatable bonds is 50. The summed E-state index contributed by atoms with van der Waals surface area (Å²) in [6.07, 6.45) is 0.411. The summed E-state index contributed by atoms with van der Waals surface area (Å²) in [6.45, 7) is 24.3. The number of hydrogen-bond donors (Lipinski definition) is 11. The number of para-hydroxylation sites is 1. The van der Waals surface area contributed by atoms with Crippen molar-refractivity contribution in [1.82, 2.24) is 77.3 Å². The number of nitrogens with two attached hydrogens (primary N) is 1. The van der Waals surface area contributed by atoms with Crippen molar-refractivity contribution in [3.8, 4) is 0 Å². The Labute approximate surface area is 767 Å². The lowest BCUT2D eigenvalue weighted by Gasteiger charge is -2.34. The molecule has 3 heterocycles. The normalized spacial score (nSPS) is 15.0. The summed E-state index contributed by atoms with van der Waals surface area (Å²) < 4.78 is 33.8. The highest BCUT2D eigenvalue weighted by Gasteiger charge is 2.41. The van der Waals surface area contributed by atoms with Crippen molar-refractivity contribution >= 4 is 106 Å². The van der Waals surface area contributed by atoms with Crippen molar-refractivity contribution < 1.29 is 105 Å². The first kappa shape index (κ1) is 108. The van der Waals surface area contributed by atoms with E-state index in [1.807, 2.05) is 53.4 Å². The monoisotopic (exact) mass is 1830 g/mol. The number of aromatic nitrogens is 1. The third kappa shape index (κ3) is 39.6. The minimum absolute atomic E-state index is 0.0164. The number of fused-ring (bicyclic) bond motifs is 1. The van der Waals surface area contributed by atoms with Gasteiger partial charge in [0.15, 0.2) is 0 Å². The number of carbonyl (C=O) groups is 16. The van der Waals surface area contributed by atoms with Gasteiger partial charge in [0, 0.05) is 123 Å². The average molecular weight is 1830 g/mol. The molecule has 12 N–H and O–H groups in total. The van der Waals surface area contributed by atoms with Crippen LogP contribution in [0.25, 0.3) is 10.9 Å². The van der Waals surface area contributed by atoms with Gasteiger partial charge in [0.2, 0.25) is 59.1 Å². The van der Waals surface area contributed by atoms with Gasteiger partial charge in [0.05, 0.1) is 52.1 Å². The van der Waals surface area contributed by atoms with Gasteiger partial charge < -0.3 is 102 Å². The molecule has 0 bridgehead atoms. The first-order valence-corrected chi connectivity index (χ1v) is 44.9. The average Bonchev–Trinajstić information content (AvgIpc) is 1.64. The van der Waals surface area contributed by atoms with E-state index >= 15 is 19.2 Å². The molecular weight excluding hydrogens is 1690 g/mol. The minimum atomic E-state index is -1.67. The molecule has 0 spiro atoms. The van der Waals surface area contributed by atoms with Gasteiger partial charge in [-0.1, -0.05) is 121 Å². The van der Waals surface area contributed by atoms with Crippen LogP contribution >= 0.6 is 0 Å². The first-order chi connectivity index (χ1) is 61.8. The molecule has 38 heteroatoms. The number of ketones is 2. The van der Waals surface area contributed by atoms with Crippen LogP contribution in [0.2, 0.25) is 0 Å². The maximum absolute atomic E-state index is 15.5. The zero-order valence-corrected chi connectivity index (χ0v) is 78.8. The molecule has 2 aliphatic rings. The number of ether oxygens (including phenoxy) is 6. The fraction of sp³-hybridized carbons (Fsp3) is 0.613. The van der Waals surface area contributed by atoms with Crippen LogP contribution < -0.4 is 58.9 Å². The van der Waals surface area contributed by atoms with Crippen LogP contribution in [0.3, 0.4) is 0 Å². The minimum Gasteiger partial charge on any atom is -0.468 e. The fourth-order valence-corrected chi connectivity index (χ4v) is 14.6. The molecule has 13 amide bonds. The second-order valence-electron chi connectivity index (χ2n) is 37.2. The highest BCUT2D eigenvalue weighted by atomic mass is 16.6. The number of Topliss-reactive ketones (excluding diaryl/α,β-unsaturated/α-hetero) is 2. The summed E-state index contributed by atoms with van der Waals surface area (Å²) in [5, 5.41) is 27.7. The number of unbranched alkanes of at least 4 members (excludes halogenated alkanes) is 1. The van der Waals surface area contributed by atoms with Crippen LogP contribution in [-0.4, -0.2) is 298 Å². The molecular formula is C93H140N16O22. The summed E-state index contributed by atoms with van der Waals surface area (Å²) in [5.74, 6) is -9.07. The third-order valence-electron chi connectivity index (χ3n) is 21.0. The molecule has 0 unspecified atom stereocenters. The number of hydrogen-bond acceptors (Lipinski definition) is 24. The largest absolute Gasteiger partial charge is 0.468 e. The van der Waals surface area contributed by atoms with Gasteiger partial charge >= 0.3 is 24.2 Å². The Kier molecular flexibility index (Phi) is 43.9. The number of nitrogens with zero attached hydrogens (tertiary/aromatic N) is 5. The van der Waals surface area contributed by atoms with Gasteiger partial charge in [0.1, 0.15) is 78.2 Å². The van der Waals surface area contributed by atoms with Crippen molar-refractivity contribution in [2.24, 2.45) is 16.6 Å². The quantitative estimate of drug-likeness (QED) is 0.0169. The summed E-state index contributed by atoms with van der Waals surface area (Å²) in [4.78, 5) is 230. The molecule has 2 fully saturated rings. The second kappa shape index (κ2) is 53.1. The van der Waals surface area contributed by atoms with Crippen molar-refractivity contribution in [1.29, 1.82) is 0 Å². The van der Waals surface area contributed by atoms with E-state index in [2.05, 4.69) is 53.2 Å². The van der Waals surface area contributed by atoms with Gasteiger partial charge in [-0.15, -0.1) is 0 Å². The molecule has 131 heavy (non-hydrogen) atoms. The van der Waals surface area contributed by atoms with E-state index < -0.39 is 174 Å². The van der Waals surface area contributed by atoms with E-state index in [1.165, 1.54) is 27.6 Å². The first-order valence-electron chi connectivity index (χ1n) is 44.9. The second-order valence-corrected chi connectivity index (χ2v) is 37.2. The molecule has 6 rings (SSSR count). The Bertz CT molecular complexity index is 4490. The van der Waals surface area contributed by atoms with Gasteiger partial charge in [-0.05, 0) is 126 Å². The van der Waals surface area contributed by atoms with Crippen LogP contribution in [0.1, 0.15) is 176 Å². The zero-order valence-electron chi connectivity index (χ0n) is 78.8. The Balaban J connectivity index is 1.31. The number of esters is 1. The van der Waals surface area contributed by atoms with Gasteiger partial charge in [-0.3, -0.25) is 71.8 Å². The number of urea groups is 1. The van der Waals surface area contributed by atoms with E-state index in [1.54, 1.807) is 125 Å². The van der Waals surface area contributed by atoms with E-state index in [0.29, 0.717) is 78.6 Å². The zero-order chi connectivity index (χ0) is 96.8. The predicted octanol–water partition coefficient (Wildman–Crippen LogP) is 3.95. The van der Waals surface area contributed by atoms with Crippen molar-refractivity contribution in [3.63, 3.8) is 0 Å². The molecule has 4 aromatic rings. The number of likely N-dealkylation sites (N-methyl/N-ethyl adjacent to an activating group) is 1. The number of carbonyl (C=O) groups excluding carboxylic acids is 16. The van der Waals surface area contributed by atoms with Crippen molar-refractivity contribution in [2.75, 3.05) is 126 Å². The Hall–Kier alpha value is -11.5. The summed E-state index contributed by atoms with van der Waals surface area (Å²) in [5.41, 5.74) is 5.94. The van der Waals surface area contributed by atoms with E-state index in [4.69, 9.17) is 34.2 Å². The maximum Gasteiger partial charge on any atom is 0.419 e. The molecule has 7 atom stereocenters. The lowest BCUT2D eigenvalue weighted by molar-refractivity contribution is -0.144. The Morgan fingerprint density at radius 3 is 1.76 bits per heavy atom. The number of methoxy groups -OCH3 is 1. The van der Waals surface area contributed by atoms with Gasteiger partial charge in [-0.2, -0.15) is 0 Å². The number of amides is 13. The number of benzene rings is 3. The molecule has 2 aliphatic heterocycles. The molecule has 38 nitrogen and oxygen atoms in total. The predicted molar refractivity (Wildman–Crippen MR) is 487 cm³/mol.